The molecule has 1 saturated heterocycles. The van der Waals surface area contributed by atoms with E-state index in [1.165, 1.54) is 43.9 Å². The molecule has 0 spiro atoms. The summed E-state index contributed by atoms with van der Waals surface area (Å²) in [7, 11) is 0. The quantitative estimate of drug-likeness (QED) is 0.916. The fourth-order valence-electron chi connectivity index (χ4n) is 3.47. The van der Waals surface area contributed by atoms with Crippen LogP contribution in [0.1, 0.15) is 31.0 Å². The van der Waals surface area contributed by atoms with E-state index < -0.39 is 0 Å². The van der Waals surface area contributed by atoms with Crippen LogP contribution in [0.3, 0.4) is 0 Å². The molecular formula is C17H27N3O. The smallest absolute Gasteiger partial charge is 0.119 e. The van der Waals surface area contributed by atoms with Gasteiger partial charge in [-0.25, -0.2) is 0 Å². The Morgan fingerprint density at radius 2 is 2.00 bits per heavy atom. The molecule has 1 N–H and O–H groups in total. The monoisotopic (exact) mass is 289 g/mol. The molecule has 4 nitrogen and oxygen atoms in total. The molecule has 3 rings (SSSR count). The lowest BCUT2D eigenvalue weighted by atomic mass is 9.94. The van der Waals surface area contributed by atoms with E-state index in [4.69, 9.17) is 4.74 Å². The number of likely N-dealkylation sites (N-methyl/N-ethyl adjacent to an activating group) is 1. The van der Waals surface area contributed by atoms with E-state index in [9.17, 15) is 0 Å². The van der Waals surface area contributed by atoms with Crippen LogP contribution in [0.4, 0.5) is 0 Å². The molecule has 1 aromatic rings. The van der Waals surface area contributed by atoms with Crippen LogP contribution in [0.5, 0.6) is 5.75 Å². The maximum absolute atomic E-state index is 5.69. The lowest BCUT2D eigenvalue weighted by molar-refractivity contribution is 0.0948. The number of nitrogens with one attached hydrogen (secondary N) is 1. The Morgan fingerprint density at radius 3 is 2.71 bits per heavy atom. The predicted molar refractivity (Wildman–Crippen MR) is 85.7 cm³/mol. The molecule has 1 atom stereocenters. The number of hydrogen-bond acceptors (Lipinski definition) is 4. The van der Waals surface area contributed by atoms with Gasteiger partial charge in [0, 0.05) is 45.3 Å². The molecule has 21 heavy (non-hydrogen) atoms. The third-order valence-electron chi connectivity index (χ3n) is 4.74. The Balaban J connectivity index is 1.77. The number of hydrogen-bond donors (Lipinski definition) is 1. The fourth-order valence-corrected chi connectivity index (χ4v) is 3.47. The molecule has 1 aromatic carbocycles. The van der Waals surface area contributed by atoms with Crippen LogP contribution in [0.2, 0.25) is 0 Å². The van der Waals surface area contributed by atoms with Crippen molar-refractivity contribution in [3.63, 3.8) is 0 Å². The maximum atomic E-state index is 5.69. The van der Waals surface area contributed by atoms with Gasteiger partial charge in [0.15, 0.2) is 0 Å². The third kappa shape index (κ3) is 3.23. The predicted octanol–water partition coefficient (Wildman–Crippen LogP) is 1.87. The molecule has 0 bridgehead atoms. The molecule has 0 aliphatic carbocycles. The average molecular weight is 289 g/mol. The fraction of sp³-hybridized carbons (Fsp3) is 0.647. The molecule has 1 fully saturated rings. The first-order valence-corrected chi connectivity index (χ1v) is 8.24. The first kappa shape index (κ1) is 14.8. The summed E-state index contributed by atoms with van der Waals surface area (Å²) in [6, 6.07) is 7.08. The standard InChI is InChI=1S/C17H27N3O/c1-3-19-7-9-20(10-8-19)17-13-18-12-14-5-6-15(21-4-2)11-16(14)17/h5-6,11,17-18H,3-4,7-10,12-13H2,1-2H3/t17-/m1/s1. The van der Waals surface area contributed by atoms with Gasteiger partial charge in [-0.15, -0.1) is 0 Å². The third-order valence-corrected chi connectivity index (χ3v) is 4.74. The average Bonchev–Trinajstić information content (AvgIpc) is 2.55. The van der Waals surface area contributed by atoms with Crippen molar-refractivity contribution < 1.29 is 4.74 Å². The minimum atomic E-state index is 0.494. The van der Waals surface area contributed by atoms with Crippen LogP contribution < -0.4 is 10.1 Å². The van der Waals surface area contributed by atoms with Crippen molar-refractivity contribution >= 4 is 0 Å². The Labute approximate surface area is 128 Å². The van der Waals surface area contributed by atoms with Gasteiger partial charge in [0.1, 0.15) is 5.75 Å². The van der Waals surface area contributed by atoms with Gasteiger partial charge in [0.25, 0.3) is 0 Å². The molecule has 0 saturated carbocycles. The van der Waals surface area contributed by atoms with E-state index in [-0.39, 0.29) is 0 Å². The first-order valence-electron chi connectivity index (χ1n) is 8.24. The van der Waals surface area contributed by atoms with Crippen molar-refractivity contribution in [1.82, 2.24) is 15.1 Å². The minimum Gasteiger partial charge on any atom is -0.494 e. The maximum Gasteiger partial charge on any atom is 0.119 e. The van der Waals surface area contributed by atoms with Crippen molar-refractivity contribution in [1.29, 1.82) is 0 Å². The van der Waals surface area contributed by atoms with E-state index in [2.05, 4.69) is 40.2 Å². The molecule has 2 aliphatic rings. The number of piperazine rings is 1. The molecule has 2 heterocycles. The van der Waals surface area contributed by atoms with Gasteiger partial charge in [-0.2, -0.15) is 0 Å². The molecule has 116 valence electrons. The van der Waals surface area contributed by atoms with Crippen LogP contribution in [-0.4, -0.2) is 55.7 Å². The first-order chi connectivity index (χ1) is 10.3. The lowest BCUT2D eigenvalue weighted by Gasteiger charge is -2.41. The number of benzene rings is 1. The van der Waals surface area contributed by atoms with Crippen LogP contribution in [0.15, 0.2) is 18.2 Å². The summed E-state index contributed by atoms with van der Waals surface area (Å²) < 4.78 is 5.69. The molecule has 0 amide bonds. The van der Waals surface area contributed by atoms with Crippen molar-refractivity contribution in [3.8, 4) is 5.75 Å². The zero-order valence-corrected chi connectivity index (χ0v) is 13.3. The van der Waals surface area contributed by atoms with Gasteiger partial charge < -0.3 is 15.0 Å². The summed E-state index contributed by atoms with van der Waals surface area (Å²) in [6.45, 7) is 12.9. The Morgan fingerprint density at radius 1 is 1.19 bits per heavy atom. The Hall–Kier alpha value is -1.10. The highest BCUT2D eigenvalue weighted by Crippen LogP contribution is 2.31. The van der Waals surface area contributed by atoms with Gasteiger partial charge in [-0.05, 0) is 36.7 Å². The van der Waals surface area contributed by atoms with Gasteiger partial charge in [0.2, 0.25) is 0 Å². The highest BCUT2D eigenvalue weighted by molar-refractivity contribution is 5.39. The molecule has 0 unspecified atom stereocenters. The SMILES string of the molecule is CCOc1ccc2c(c1)[C@H](N1CCN(CC)CC1)CNC2. The molecular weight excluding hydrogens is 262 g/mol. The van der Waals surface area contributed by atoms with Crippen LogP contribution in [-0.2, 0) is 6.54 Å². The van der Waals surface area contributed by atoms with E-state index in [0.29, 0.717) is 6.04 Å². The molecule has 4 heteroatoms. The van der Waals surface area contributed by atoms with Gasteiger partial charge >= 0.3 is 0 Å². The van der Waals surface area contributed by atoms with Crippen molar-refractivity contribution in [2.75, 3.05) is 45.9 Å². The Bertz CT molecular complexity index is 469. The zero-order valence-electron chi connectivity index (χ0n) is 13.3. The summed E-state index contributed by atoms with van der Waals surface area (Å²) in [5, 5.41) is 3.57. The number of nitrogens with zero attached hydrogens (tertiary/aromatic N) is 2. The second-order valence-corrected chi connectivity index (χ2v) is 5.91. The van der Waals surface area contributed by atoms with Crippen molar-refractivity contribution in [2.24, 2.45) is 0 Å². The summed E-state index contributed by atoms with van der Waals surface area (Å²) in [5.41, 5.74) is 2.89. The van der Waals surface area contributed by atoms with Gasteiger partial charge in [-0.1, -0.05) is 13.0 Å². The Kier molecular flexibility index (Phi) is 4.78. The topological polar surface area (TPSA) is 27.7 Å². The second-order valence-electron chi connectivity index (χ2n) is 5.91. The van der Waals surface area contributed by atoms with E-state index >= 15 is 0 Å². The minimum absolute atomic E-state index is 0.494. The molecule has 0 radical (unpaired) electrons. The molecule has 2 aliphatic heterocycles. The van der Waals surface area contributed by atoms with E-state index in [1.54, 1.807) is 0 Å². The summed E-state index contributed by atoms with van der Waals surface area (Å²) in [6.07, 6.45) is 0. The van der Waals surface area contributed by atoms with Crippen LogP contribution in [0.25, 0.3) is 0 Å². The largest absolute Gasteiger partial charge is 0.494 e. The van der Waals surface area contributed by atoms with E-state index in [1.807, 2.05) is 6.92 Å². The highest BCUT2D eigenvalue weighted by atomic mass is 16.5. The lowest BCUT2D eigenvalue weighted by Crippen LogP contribution is -2.50. The van der Waals surface area contributed by atoms with Crippen LogP contribution >= 0.6 is 0 Å². The second kappa shape index (κ2) is 6.77. The van der Waals surface area contributed by atoms with Crippen molar-refractivity contribution in [2.45, 2.75) is 26.4 Å². The summed E-state index contributed by atoms with van der Waals surface area (Å²) >= 11 is 0. The normalized spacial score (nSPS) is 23.8. The van der Waals surface area contributed by atoms with Crippen LogP contribution in [0, 0.1) is 0 Å². The zero-order chi connectivity index (χ0) is 14.7. The van der Waals surface area contributed by atoms with Gasteiger partial charge in [-0.3, -0.25) is 4.90 Å². The summed E-state index contributed by atoms with van der Waals surface area (Å²) in [5.74, 6) is 1.01. The number of ether oxygens (including phenoxy) is 1. The van der Waals surface area contributed by atoms with E-state index in [0.717, 1.165) is 25.4 Å². The molecule has 0 aromatic heterocycles. The highest BCUT2D eigenvalue weighted by Gasteiger charge is 2.28. The number of rotatable bonds is 4. The van der Waals surface area contributed by atoms with Gasteiger partial charge in [0.05, 0.1) is 6.61 Å². The number of fused-ring (bicyclic) bond motifs is 1. The van der Waals surface area contributed by atoms with Crippen molar-refractivity contribution in [3.05, 3.63) is 29.3 Å². The summed E-state index contributed by atoms with van der Waals surface area (Å²) in [4.78, 5) is 5.16.